The Bertz CT molecular complexity index is 763. The molecule has 0 unspecified atom stereocenters. The van der Waals surface area contributed by atoms with Gasteiger partial charge in [0.05, 0.1) is 10.8 Å². The second-order valence-corrected chi connectivity index (χ2v) is 6.34. The van der Waals surface area contributed by atoms with Crippen LogP contribution in [0.1, 0.15) is 12.8 Å². The van der Waals surface area contributed by atoms with E-state index >= 15 is 0 Å². The highest BCUT2D eigenvalue weighted by Gasteiger charge is 2.26. The van der Waals surface area contributed by atoms with Gasteiger partial charge in [-0.05, 0) is 18.6 Å². The summed E-state index contributed by atoms with van der Waals surface area (Å²) in [7, 11) is 0. The van der Waals surface area contributed by atoms with E-state index < -0.39 is 0 Å². The van der Waals surface area contributed by atoms with E-state index in [1.54, 1.807) is 12.1 Å². The average Bonchev–Trinajstić information content (AvgIpc) is 3.12. The highest BCUT2D eigenvalue weighted by molar-refractivity contribution is 7.99. The zero-order chi connectivity index (χ0) is 16.4. The van der Waals surface area contributed by atoms with Crippen molar-refractivity contribution in [1.29, 1.82) is 0 Å². The van der Waals surface area contributed by atoms with Crippen molar-refractivity contribution >= 4 is 35.2 Å². The van der Waals surface area contributed by atoms with Gasteiger partial charge >= 0.3 is 0 Å². The van der Waals surface area contributed by atoms with E-state index in [4.69, 9.17) is 17.4 Å². The number of nitrogen functional groups attached to an aromatic ring is 1. The number of aromatic nitrogens is 3. The Morgan fingerprint density at radius 2 is 2.13 bits per heavy atom. The summed E-state index contributed by atoms with van der Waals surface area (Å²) in [6.07, 6.45) is 1.15. The van der Waals surface area contributed by atoms with E-state index in [0.29, 0.717) is 34.5 Å². The van der Waals surface area contributed by atoms with Crippen LogP contribution >= 0.6 is 23.4 Å². The molecular weight excluding hydrogens is 338 g/mol. The van der Waals surface area contributed by atoms with Gasteiger partial charge in [0.25, 0.3) is 0 Å². The topological polar surface area (TPSA) is 94.1 Å². The molecule has 1 fully saturated rings. The van der Waals surface area contributed by atoms with Crippen molar-refractivity contribution in [2.75, 3.05) is 18.1 Å². The molecule has 0 atom stereocenters. The van der Waals surface area contributed by atoms with Gasteiger partial charge in [-0.1, -0.05) is 35.5 Å². The van der Waals surface area contributed by atoms with Crippen molar-refractivity contribution in [1.82, 2.24) is 19.8 Å². The minimum atomic E-state index is -0.236. The molecule has 1 aromatic carbocycles. The van der Waals surface area contributed by atoms with Crippen LogP contribution in [0.25, 0.3) is 11.4 Å². The van der Waals surface area contributed by atoms with Crippen LogP contribution in [-0.4, -0.2) is 43.9 Å². The van der Waals surface area contributed by atoms with Crippen LogP contribution in [0, 0.1) is 0 Å². The van der Waals surface area contributed by atoms with Crippen molar-refractivity contribution in [3.63, 3.8) is 0 Å². The van der Waals surface area contributed by atoms with Gasteiger partial charge in [-0.2, -0.15) is 0 Å². The number of nitrogens with zero attached hydrogens (tertiary/aromatic N) is 4. The highest BCUT2D eigenvalue weighted by Crippen LogP contribution is 2.27. The third-order valence-corrected chi connectivity index (χ3v) is 4.74. The largest absolute Gasteiger partial charge is 0.335 e. The number of nitrogens with two attached hydrogens (primary N) is 1. The summed E-state index contributed by atoms with van der Waals surface area (Å²) >= 11 is 7.27. The Morgan fingerprint density at radius 3 is 2.83 bits per heavy atom. The fourth-order valence-corrected chi connectivity index (χ4v) is 3.27. The summed E-state index contributed by atoms with van der Waals surface area (Å²) in [4.78, 5) is 24.9. The minimum absolute atomic E-state index is 0.0869. The lowest BCUT2D eigenvalue weighted by atomic mass is 10.2. The summed E-state index contributed by atoms with van der Waals surface area (Å²) in [6.45, 7) is 0.485. The molecule has 23 heavy (non-hydrogen) atoms. The first-order valence-electron chi connectivity index (χ1n) is 6.99. The number of imide groups is 1. The van der Waals surface area contributed by atoms with Gasteiger partial charge in [0.1, 0.15) is 0 Å². The number of carbonyl (C=O) groups excluding carboxylic acids is 2. The predicted molar refractivity (Wildman–Crippen MR) is 87.3 cm³/mol. The number of carbonyl (C=O) groups is 2. The van der Waals surface area contributed by atoms with Crippen molar-refractivity contribution in [3.05, 3.63) is 29.3 Å². The predicted octanol–water partition coefficient (Wildman–Crippen LogP) is 1.55. The van der Waals surface area contributed by atoms with Crippen LogP contribution in [-0.2, 0) is 9.59 Å². The third kappa shape index (κ3) is 3.18. The Morgan fingerprint density at radius 1 is 1.35 bits per heavy atom. The van der Waals surface area contributed by atoms with Crippen LogP contribution in [0.2, 0.25) is 5.02 Å². The Kier molecular flexibility index (Phi) is 4.53. The zero-order valence-electron chi connectivity index (χ0n) is 12.1. The Labute approximate surface area is 141 Å². The fourth-order valence-electron chi connectivity index (χ4n) is 2.32. The second kappa shape index (κ2) is 6.59. The van der Waals surface area contributed by atoms with E-state index in [1.807, 2.05) is 12.1 Å². The first-order chi connectivity index (χ1) is 11.1. The normalized spacial score (nSPS) is 14.5. The van der Waals surface area contributed by atoms with Crippen LogP contribution in [0.3, 0.4) is 0 Å². The Balaban J connectivity index is 1.72. The number of hydrogen-bond acceptors (Lipinski definition) is 6. The lowest BCUT2D eigenvalue weighted by molar-refractivity contribution is -0.140. The minimum Gasteiger partial charge on any atom is -0.335 e. The summed E-state index contributed by atoms with van der Waals surface area (Å²) in [6, 6.07) is 7.16. The molecule has 2 N–H and O–H groups in total. The molecule has 0 aliphatic carbocycles. The molecule has 0 radical (unpaired) electrons. The van der Waals surface area contributed by atoms with Gasteiger partial charge < -0.3 is 5.84 Å². The molecule has 2 aromatic rings. The number of halogens is 1. The summed E-state index contributed by atoms with van der Waals surface area (Å²) in [5, 5.41) is 8.92. The maximum atomic E-state index is 12.0. The van der Waals surface area contributed by atoms with Crippen LogP contribution in [0.15, 0.2) is 29.4 Å². The van der Waals surface area contributed by atoms with E-state index in [0.717, 1.165) is 18.2 Å². The molecule has 9 heteroatoms. The average molecular weight is 352 g/mol. The van der Waals surface area contributed by atoms with Crippen LogP contribution < -0.4 is 5.84 Å². The molecule has 3 rings (SSSR count). The quantitative estimate of drug-likeness (QED) is 0.663. The molecule has 0 bridgehead atoms. The summed E-state index contributed by atoms with van der Waals surface area (Å²) in [5.41, 5.74) is 0.664. The highest BCUT2D eigenvalue weighted by atomic mass is 35.5. The molecule has 1 aliphatic rings. The van der Waals surface area contributed by atoms with Crippen molar-refractivity contribution in [2.24, 2.45) is 0 Å². The van der Waals surface area contributed by atoms with Gasteiger partial charge in [0.15, 0.2) is 5.82 Å². The smallest absolute Gasteiger partial charge is 0.239 e. The molecule has 0 saturated carbocycles. The number of thioether (sulfide) groups is 1. The van der Waals surface area contributed by atoms with Crippen molar-refractivity contribution in [3.8, 4) is 11.4 Å². The van der Waals surface area contributed by atoms with Gasteiger partial charge in [0, 0.05) is 18.5 Å². The monoisotopic (exact) mass is 351 g/mol. The SMILES string of the molecule is Nn1c(SCC(=O)N2CCCC2=O)nnc1-c1ccccc1Cl. The van der Waals surface area contributed by atoms with E-state index in [9.17, 15) is 9.59 Å². The first-order valence-corrected chi connectivity index (χ1v) is 8.35. The number of likely N-dealkylation sites (tertiary alicyclic amines) is 1. The maximum absolute atomic E-state index is 12.0. The van der Waals surface area contributed by atoms with Gasteiger partial charge in [-0.3, -0.25) is 14.5 Å². The molecule has 2 amide bonds. The molecule has 0 spiro atoms. The second-order valence-electron chi connectivity index (χ2n) is 4.99. The molecule has 7 nitrogen and oxygen atoms in total. The first kappa shape index (κ1) is 15.8. The molecule has 1 saturated heterocycles. The van der Waals surface area contributed by atoms with E-state index in [1.165, 1.54) is 9.58 Å². The van der Waals surface area contributed by atoms with Gasteiger partial charge in [-0.25, -0.2) is 4.68 Å². The Hall–Kier alpha value is -2.06. The fraction of sp³-hybridized carbons (Fsp3) is 0.286. The molecule has 1 aromatic heterocycles. The number of rotatable bonds is 4. The number of amides is 2. The molecule has 1 aliphatic heterocycles. The van der Waals surface area contributed by atoms with Gasteiger partial charge in [-0.15, -0.1) is 10.2 Å². The van der Waals surface area contributed by atoms with Crippen molar-refractivity contribution < 1.29 is 9.59 Å². The summed E-state index contributed by atoms with van der Waals surface area (Å²) < 4.78 is 1.30. The van der Waals surface area contributed by atoms with Crippen LogP contribution in [0.5, 0.6) is 0 Å². The standard InChI is InChI=1S/C14H14ClN5O2S/c15-10-5-2-1-4-9(10)13-17-18-14(20(13)16)23-8-12(22)19-7-3-6-11(19)21/h1-2,4-5H,3,6-8,16H2. The number of hydrogen-bond donors (Lipinski definition) is 1. The maximum Gasteiger partial charge on any atom is 0.239 e. The molecule has 120 valence electrons. The van der Waals surface area contributed by atoms with Crippen molar-refractivity contribution in [2.45, 2.75) is 18.0 Å². The van der Waals surface area contributed by atoms with E-state index in [2.05, 4.69) is 10.2 Å². The van der Waals surface area contributed by atoms with Crippen LogP contribution in [0.4, 0.5) is 0 Å². The molecular formula is C14H14ClN5O2S. The molecule has 2 heterocycles. The zero-order valence-corrected chi connectivity index (χ0v) is 13.7. The lowest BCUT2D eigenvalue weighted by Crippen LogP contribution is -2.33. The van der Waals surface area contributed by atoms with E-state index in [-0.39, 0.29) is 17.6 Å². The lowest BCUT2D eigenvalue weighted by Gasteiger charge is -2.12. The summed E-state index contributed by atoms with van der Waals surface area (Å²) in [5.74, 6) is 6.14. The third-order valence-electron chi connectivity index (χ3n) is 3.48. The van der Waals surface area contributed by atoms with Gasteiger partial charge in [0.2, 0.25) is 17.0 Å². The number of benzene rings is 1.